The lowest BCUT2D eigenvalue weighted by atomic mass is 10.2. The highest BCUT2D eigenvalue weighted by Gasteiger charge is 2.06. The molecule has 0 fully saturated rings. The SMILES string of the molecule is CCNCc1nnc(-c2ccccc2)o1. The lowest BCUT2D eigenvalue weighted by Crippen LogP contribution is -2.11. The molecule has 2 rings (SSSR count). The molecule has 78 valence electrons. The van der Waals surface area contributed by atoms with E-state index < -0.39 is 0 Å². The summed E-state index contributed by atoms with van der Waals surface area (Å²) in [6.45, 7) is 3.55. The zero-order valence-electron chi connectivity index (χ0n) is 8.60. The molecular formula is C11H13N3O. The van der Waals surface area contributed by atoms with Gasteiger partial charge in [-0.25, -0.2) is 0 Å². The van der Waals surface area contributed by atoms with Crippen LogP contribution < -0.4 is 5.32 Å². The van der Waals surface area contributed by atoms with Crippen molar-refractivity contribution in [3.8, 4) is 11.5 Å². The first kappa shape index (κ1) is 9.86. The van der Waals surface area contributed by atoms with Gasteiger partial charge in [-0.2, -0.15) is 0 Å². The molecule has 0 spiro atoms. The van der Waals surface area contributed by atoms with E-state index in [9.17, 15) is 0 Å². The quantitative estimate of drug-likeness (QED) is 0.823. The van der Waals surface area contributed by atoms with Crippen molar-refractivity contribution >= 4 is 0 Å². The molecule has 1 N–H and O–H groups in total. The second-order valence-corrected chi connectivity index (χ2v) is 3.15. The lowest BCUT2D eigenvalue weighted by molar-refractivity contribution is 0.482. The van der Waals surface area contributed by atoms with Crippen LogP contribution >= 0.6 is 0 Å². The Hall–Kier alpha value is -1.68. The van der Waals surface area contributed by atoms with Crippen LogP contribution in [-0.4, -0.2) is 16.7 Å². The molecule has 0 aliphatic heterocycles. The third kappa shape index (κ3) is 2.41. The van der Waals surface area contributed by atoms with E-state index in [4.69, 9.17) is 4.42 Å². The van der Waals surface area contributed by atoms with E-state index in [1.165, 1.54) is 0 Å². The van der Waals surface area contributed by atoms with Crippen molar-refractivity contribution in [2.24, 2.45) is 0 Å². The van der Waals surface area contributed by atoms with Gasteiger partial charge < -0.3 is 9.73 Å². The van der Waals surface area contributed by atoms with Crippen LogP contribution in [0.2, 0.25) is 0 Å². The minimum absolute atomic E-state index is 0.573. The number of nitrogens with one attached hydrogen (secondary N) is 1. The van der Waals surface area contributed by atoms with Gasteiger partial charge in [-0.3, -0.25) is 0 Å². The van der Waals surface area contributed by atoms with Gasteiger partial charge in [0.05, 0.1) is 6.54 Å². The Kier molecular flexibility index (Phi) is 3.09. The first-order valence-electron chi connectivity index (χ1n) is 4.98. The van der Waals surface area contributed by atoms with Gasteiger partial charge in [-0.1, -0.05) is 25.1 Å². The van der Waals surface area contributed by atoms with Gasteiger partial charge in [-0.05, 0) is 18.7 Å². The van der Waals surface area contributed by atoms with Gasteiger partial charge in [-0.15, -0.1) is 10.2 Å². The lowest BCUT2D eigenvalue weighted by Gasteiger charge is -1.94. The van der Waals surface area contributed by atoms with E-state index in [1.807, 2.05) is 37.3 Å². The molecule has 0 radical (unpaired) electrons. The molecule has 0 aliphatic rings. The molecule has 4 heteroatoms. The molecule has 15 heavy (non-hydrogen) atoms. The smallest absolute Gasteiger partial charge is 0.247 e. The van der Waals surface area contributed by atoms with Gasteiger partial charge in [0.25, 0.3) is 0 Å². The van der Waals surface area contributed by atoms with E-state index in [-0.39, 0.29) is 0 Å². The first-order chi connectivity index (χ1) is 7.40. The number of nitrogens with zero attached hydrogens (tertiary/aromatic N) is 2. The minimum Gasteiger partial charge on any atom is -0.419 e. The van der Waals surface area contributed by atoms with Crippen molar-refractivity contribution in [1.82, 2.24) is 15.5 Å². The summed E-state index contributed by atoms with van der Waals surface area (Å²) in [6, 6.07) is 9.75. The molecule has 0 unspecified atom stereocenters. The van der Waals surface area contributed by atoms with Crippen molar-refractivity contribution in [3.05, 3.63) is 36.2 Å². The number of benzene rings is 1. The Morgan fingerprint density at radius 2 is 2.00 bits per heavy atom. The summed E-state index contributed by atoms with van der Waals surface area (Å²) in [5.41, 5.74) is 0.952. The largest absolute Gasteiger partial charge is 0.419 e. The third-order valence-electron chi connectivity index (χ3n) is 2.01. The Balaban J connectivity index is 2.14. The molecule has 0 saturated carbocycles. The van der Waals surface area contributed by atoms with E-state index in [2.05, 4.69) is 15.5 Å². The fourth-order valence-electron chi connectivity index (χ4n) is 1.25. The molecule has 0 bridgehead atoms. The summed E-state index contributed by atoms with van der Waals surface area (Å²) >= 11 is 0. The predicted molar refractivity (Wildman–Crippen MR) is 57.1 cm³/mol. The summed E-state index contributed by atoms with van der Waals surface area (Å²) in [7, 11) is 0. The normalized spacial score (nSPS) is 10.5. The third-order valence-corrected chi connectivity index (χ3v) is 2.01. The number of hydrogen-bond donors (Lipinski definition) is 1. The summed E-state index contributed by atoms with van der Waals surface area (Å²) in [4.78, 5) is 0. The first-order valence-corrected chi connectivity index (χ1v) is 4.98. The van der Waals surface area contributed by atoms with Crippen LogP contribution in [0.15, 0.2) is 34.7 Å². The average Bonchev–Trinajstić information content (AvgIpc) is 2.76. The standard InChI is InChI=1S/C11H13N3O/c1-2-12-8-10-13-14-11(15-10)9-6-4-3-5-7-9/h3-7,12H,2,8H2,1H3. The Morgan fingerprint density at radius 1 is 1.20 bits per heavy atom. The topological polar surface area (TPSA) is 51.0 Å². The van der Waals surface area contributed by atoms with Gasteiger partial charge >= 0.3 is 0 Å². The molecule has 4 nitrogen and oxygen atoms in total. The van der Waals surface area contributed by atoms with E-state index in [0.29, 0.717) is 18.3 Å². The van der Waals surface area contributed by atoms with Crippen molar-refractivity contribution < 1.29 is 4.42 Å². The molecule has 2 aromatic rings. The van der Waals surface area contributed by atoms with Crippen molar-refractivity contribution in [1.29, 1.82) is 0 Å². The molecular weight excluding hydrogens is 190 g/mol. The highest BCUT2D eigenvalue weighted by Crippen LogP contribution is 2.16. The molecule has 0 saturated heterocycles. The number of rotatable bonds is 4. The van der Waals surface area contributed by atoms with Gasteiger partial charge in [0, 0.05) is 5.56 Å². The Bertz CT molecular complexity index is 411. The summed E-state index contributed by atoms with van der Waals surface area (Å²) in [5.74, 6) is 1.19. The second-order valence-electron chi connectivity index (χ2n) is 3.15. The summed E-state index contributed by atoms with van der Waals surface area (Å²) < 4.78 is 5.49. The Labute approximate surface area is 88.3 Å². The number of hydrogen-bond acceptors (Lipinski definition) is 4. The Morgan fingerprint density at radius 3 is 2.73 bits per heavy atom. The molecule has 1 aromatic heterocycles. The van der Waals surface area contributed by atoms with E-state index in [0.717, 1.165) is 12.1 Å². The minimum atomic E-state index is 0.573. The second kappa shape index (κ2) is 4.70. The predicted octanol–water partition coefficient (Wildman–Crippen LogP) is 1.85. The monoisotopic (exact) mass is 203 g/mol. The van der Waals surface area contributed by atoms with Crippen LogP contribution in [0.5, 0.6) is 0 Å². The van der Waals surface area contributed by atoms with Crippen LogP contribution in [0.25, 0.3) is 11.5 Å². The summed E-state index contributed by atoms with van der Waals surface area (Å²) in [6.07, 6.45) is 0. The highest BCUT2D eigenvalue weighted by atomic mass is 16.4. The molecule has 0 atom stereocenters. The fourth-order valence-corrected chi connectivity index (χ4v) is 1.25. The molecule has 0 amide bonds. The summed E-state index contributed by atoms with van der Waals surface area (Å²) in [5, 5.41) is 11.1. The zero-order chi connectivity index (χ0) is 10.5. The molecule has 1 aromatic carbocycles. The number of aromatic nitrogens is 2. The maximum atomic E-state index is 5.49. The van der Waals surface area contributed by atoms with Crippen LogP contribution in [-0.2, 0) is 6.54 Å². The molecule has 0 aliphatic carbocycles. The maximum absolute atomic E-state index is 5.49. The van der Waals surface area contributed by atoms with Crippen LogP contribution in [0.3, 0.4) is 0 Å². The zero-order valence-corrected chi connectivity index (χ0v) is 8.60. The van der Waals surface area contributed by atoms with Crippen molar-refractivity contribution in [3.63, 3.8) is 0 Å². The van der Waals surface area contributed by atoms with Gasteiger partial charge in [0.15, 0.2) is 0 Å². The van der Waals surface area contributed by atoms with Crippen LogP contribution in [0.4, 0.5) is 0 Å². The molecule has 1 heterocycles. The average molecular weight is 203 g/mol. The van der Waals surface area contributed by atoms with E-state index >= 15 is 0 Å². The van der Waals surface area contributed by atoms with Crippen LogP contribution in [0, 0.1) is 0 Å². The highest BCUT2D eigenvalue weighted by molar-refractivity contribution is 5.51. The van der Waals surface area contributed by atoms with E-state index in [1.54, 1.807) is 0 Å². The van der Waals surface area contributed by atoms with Crippen molar-refractivity contribution in [2.45, 2.75) is 13.5 Å². The van der Waals surface area contributed by atoms with Crippen LogP contribution in [0.1, 0.15) is 12.8 Å². The maximum Gasteiger partial charge on any atom is 0.247 e. The van der Waals surface area contributed by atoms with Crippen molar-refractivity contribution in [2.75, 3.05) is 6.54 Å². The fraction of sp³-hybridized carbons (Fsp3) is 0.273. The van der Waals surface area contributed by atoms with Gasteiger partial charge in [0.1, 0.15) is 0 Å². The van der Waals surface area contributed by atoms with Gasteiger partial charge in [0.2, 0.25) is 11.8 Å².